The number of hydrogen-bond acceptors (Lipinski definition) is 4. The molecule has 0 radical (unpaired) electrons. The van der Waals surface area contributed by atoms with Crippen molar-refractivity contribution in [3.8, 4) is 0 Å². The second-order valence-corrected chi connectivity index (χ2v) is 3.44. The Morgan fingerprint density at radius 1 is 1.35 bits per heavy atom. The number of nitrogens with two attached hydrogens (primary N) is 2. The minimum atomic E-state index is -0.852. The Morgan fingerprint density at radius 2 is 2.12 bits per heavy atom. The SMILES string of the molecule is NC(=O)OCCNC(=O)Cc1cccc(N)c1. The van der Waals surface area contributed by atoms with Gasteiger partial charge in [-0.1, -0.05) is 12.1 Å². The summed E-state index contributed by atoms with van der Waals surface area (Å²) in [6, 6.07) is 7.09. The molecule has 1 rings (SSSR count). The Bertz CT molecular complexity index is 407. The van der Waals surface area contributed by atoms with Gasteiger partial charge in [0, 0.05) is 5.69 Å². The van der Waals surface area contributed by atoms with Crippen molar-refractivity contribution in [3.05, 3.63) is 29.8 Å². The molecule has 0 aliphatic rings. The highest BCUT2D eigenvalue weighted by molar-refractivity contribution is 5.78. The van der Waals surface area contributed by atoms with E-state index in [0.29, 0.717) is 5.69 Å². The summed E-state index contributed by atoms with van der Waals surface area (Å²) in [7, 11) is 0. The first-order chi connectivity index (χ1) is 8.08. The number of amides is 2. The van der Waals surface area contributed by atoms with E-state index in [1.807, 2.05) is 6.07 Å². The molecule has 5 N–H and O–H groups in total. The molecule has 0 fully saturated rings. The van der Waals surface area contributed by atoms with Crippen LogP contribution in [0.25, 0.3) is 0 Å². The van der Waals surface area contributed by atoms with E-state index < -0.39 is 6.09 Å². The van der Waals surface area contributed by atoms with Crippen molar-refractivity contribution >= 4 is 17.7 Å². The van der Waals surface area contributed by atoms with Crippen molar-refractivity contribution in [1.82, 2.24) is 5.32 Å². The molecule has 6 nitrogen and oxygen atoms in total. The highest BCUT2D eigenvalue weighted by Crippen LogP contribution is 2.06. The highest BCUT2D eigenvalue weighted by Gasteiger charge is 2.03. The van der Waals surface area contributed by atoms with Crippen LogP contribution in [0.5, 0.6) is 0 Å². The maximum Gasteiger partial charge on any atom is 0.404 e. The van der Waals surface area contributed by atoms with Crippen molar-refractivity contribution in [1.29, 1.82) is 0 Å². The second-order valence-electron chi connectivity index (χ2n) is 3.44. The molecule has 0 saturated carbocycles. The van der Waals surface area contributed by atoms with Crippen LogP contribution in [0, 0.1) is 0 Å². The first-order valence-electron chi connectivity index (χ1n) is 5.11. The molecule has 0 bridgehead atoms. The summed E-state index contributed by atoms with van der Waals surface area (Å²) in [5, 5.41) is 2.59. The smallest absolute Gasteiger partial charge is 0.404 e. The second kappa shape index (κ2) is 6.37. The van der Waals surface area contributed by atoms with E-state index in [1.54, 1.807) is 18.2 Å². The summed E-state index contributed by atoms with van der Waals surface area (Å²) in [6.07, 6.45) is -0.614. The van der Waals surface area contributed by atoms with Gasteiger partial charge < -0.3 is 21.5 Å². The van der Waals surface area contributed by atoms with Gasteiger partial charge in [-0.2, -0.15) is 0 Å². The quantitative estimate of drug-likeness (QED) is 0.495. The number of nitrogens with one attached hydrogen (secondary N) is 1. The van der Waals surface area contributed by atoms with E-state index in [0.717, 1.165) is 5.56 Å². The van der Waals surface area contributed by atoms with Gasteiger partial charge in [-0.05, 0) is 17.7 Å². The van der Waals surface area contributed by atoms with Gasteiger partial charge in [-0.25, -0.2) is 4.79 Å². The predicted octanol–water partition coefficient (Wildman–Crippen LogP) is 0.0228. The molecule has 92 valence electrons. The molecule has 0 spiro atoms. The number of hydrogen-bond donors (Lipinski definition) is 3. The molecule has 1 aromatic carbocycles. The van der Waals surface area contributed by atoms with Gasteiger partial charge in [0.25, 0.3) is 0 Å². The molecule has 2 amide bonds. The summed E-state index contributed by atoms with van der Waals surface area (Å²) < 4.78 is 4.47. The van der Waals surface area contributed by atoms with E-state index >= 15 is 0 Å². The van der Waals surface area contributed by atoms with E-state index in [2.05, 4.69) is 10.1 Å². The standard InChI is InChI=1S/C11H15N3O3/c12-9-3-1-2-8(6-9)7-10(15)14-4-5-17-11(13)16/h1-3,6H,4-5,7,12H2,(H2,13,16)(H,14,15). The lowest BCUT2D eigenvalue weighted by atomic mass is 10.1. The van der Waals surface area contributed by atoms with E-state index in [-0.39, 0.29) is 25.5 Å². The van der Waals surface area contributed by atoms with Gasteiger partial charge in [-0.15, -0.1) is 0 Å². The van der Waals surface area contributed by atoms with Crippen molar-refractivity contribution in [2.45, 2.75) is 6.42 Å². The zero-order valence-electron chi connectivity index (χ0n) is 9.31. The van der Waals surface area contributed by atoms with Crippen LogP contribution in [0.1, 0.15) is 5.56 Å². The molecular weight excluding hydrogens is 222 g/mol. The maximum absolute atomic E-state index is 11.4. The molecule has 0 aliphatic carbocycles. The number of ether oxygens (including phenoxy) is 1. The molecule has 6 heteroatoms. The van der Waals surface area contributed by atoms with Crippen LogP contribution >= 0.6 is 0 Å². The molecule has 0 saturated heterocycles. The number of carbonyl (C=O) groups is 2. The van der Waals surface area contributed by atoms with Crippen molar-refractivity contribution < 1.29 is 14.3 Å². The van der Waals surface area contributed by atoms with Crippen LogP contribution in [0.2, 0.25) is 0 Å². The number of primary amides is 1. The number of nitrogen functional groups attached to an aromatic ring is 1. The summed E-state index contributed by atoms with van der Waals surface area (Å²) in [5.41, 5.74) is 11.8. The molecule has 0 unspecified atom stereocenters. The van der Waals surface area contributed by atoms with Gasteiger partial charge in [-0.3, -0.25) is 4.79 Å². The monoisotopic (exact) mass is 237 g/mol. The summed E-state index contributed by atoms with van der Waals surface area (Å²) >= 11 is 0. The van der Waals surface area contributed by atoms with Crippen LogP contribution in [-0.2, 0) is 16.0 Å². The summed E-state index contributed by atoms with van der Waals surface area (Å²) in [6.45, 7) is 0.308. The molecule has 17 heavy (non-hydrogen) atoms. The van der Waals surface area contributed by atoms with Crippen LogP contribution < -0.4 is 16.8 Å². The first-order valence-corrected chi connectivity index (χ1v) is 5.11. The van der Waals surface area contributed by atoms with Crippen molar-refractivity contribution in [2.75, 3.05) is 18.9 Å². The van der Waals surface area contributed by atoms with Gasteiger partial charge in [0.2, 0.25) is 5.91 Å². The Labute approximate surface area is 98.9 Å². The van der Waals surface area contributed by atoms with Crippen molar-refractivity contribution in [2.24, 2.45) is 5.73 Å². The molecule has 0 aromatic heterocycles. The lowest BCUT2D eigenvalue weighted by Crippen LogP contribution is -2.30. The van der Waals surface area contributed by atoms with Crippen LogP contribution in [0.3, 0.4) is 0 Å². The van der Waals surface area contributed by atoms with Crippen LogP contribution in [0.4, 0.5) is 10.5 Å². The van der Waals surface area contributed by atoms with Gasteiger partial charge in [0.05, 0.1) is 13.0 Å². The van der Waals surface area contributed by atoms with Gasteiger partial charge >= 0.3 is 6.09 Å². The minimum Gasteiger partial charge on any atom is -0.448 e. The average Bonchev–Trinajstić information content (AvgIpc) is 2.24. The topological polar surface area (TPSA) is 107 Å². The Hall–Kier alpha value is -2.24. The Morgan fingerprint density at radius 3 is 2.76 bits per heavy atom. The number of benzene rings is 1. The van der Waals surface area contributed by atoms with Gasteiger partial charge in [0.1, 0.15) is 6.61 Å². The number of anilines is 1. The highest BCUT2D eigenvalue weighted by atomic mass is 16.5. The zero-order chi connectivity index (χ0) is 12.7. The minimum absolute atomic E-state index is 0.0675. The Kier molecular flexibility index (Phi) is 4.80. The molecule has 0 atom stereocenters. The predicted molar refractivity (Wildman–Crippen MR) is 63.1 cm³/mol. The summed E-state index contributed by atoms with van der Waals surface area (Å²) in [5.74, 6) is -0.163. The molecular formula is C11H15N3O3. The summed E-state index contributed by atoms with van der Waals surface area (Å²) in [4.78, 5) is 21.7. The molecule has 0 heterocycles. The third-order valence-corrected chi connectivity index (χ3v) is 1.98. The van der Waals surface area contributed by atoms with E-state index in [9.17, 15) is 9.59 Å². The lowest BCUT2D eigenvalue weighted by Gasteiger charge is -2.05. The fourth-order valence-electron chi connectivity index (χ4n) is 1.29. The zero-order valence-corrected chi connectivity index (χ0v) is 9.31. The normalized spacial score (nSPS) is 9.65. The fraction of sp³-hybridized carbons (Fsp3) is 0.273. The Balaban J connectivity index is 2.27. The van der Waals surface area contributed by atoms with Crippen LogP contribution in [0.15, 0.2) is 24.3 Å². The van der Waals surface area contributed by atoms with E-state index in [4.69, 9.17) is 11.5 Å². The average molecular weight is 237 g/mol. The number of rotatable bonds is 5. The first kappa shape index (κ1) is 12.8. The molecule has 1 aromatic rings. The largest absolute Gasteiger partial charge is 0.448 e. The molecule has 0 aliphatic heterocycles. The lowest BCUT2D eigenvalue weighted by molar-refractivity contribution is -0.120. The van der Waals surface area contributed by atoms with Crippen LogP contribution in [-0.4, -0.2) is 25.2 Å². The maximum atomic E-state index is 11.4. The van der Waals surface area contributed by atoms with Gasteiger partial charge in [0.15, 0.2) is 0 Å². The number of carbonyl (C=O) groups excluding carboxylic acids is 2. The van der Waals surface area contributed by atoms with Crippen molar-refractivity contribution in [3.63, 3.8) is 0 Å². The fourth-order valence-corrected chi connectivity index (χ4v) is 1.29. The third kappa shape index (κ3) is 5.41. The third-order valence-electron chi connectivity index (χ3n) is 1.98. The van der Waals surface area contributed by atoms with E-state index in [1.165, 1.54) is 0 Å².